The third-order valence-electron chi connectivity index (χ3n) is 2.80. The van der Waals surface area contributed by atoms with Crippen molar-refractivity contribution < 1.29 is 20.1 Å². The SMILES string of the molecule is CCC(c1cc(N)ccc1C(=O)O)C(O)CO. The first kappa shape index (κ1) is 13.5. The first-order chi connectivity index (χ1) is 8.01. The number of aromatic carboxylic acids is 1. The molecule has 0 aliphatic carbocycles. The molecule has 17 heavy (non-hydrogen) atoms. The Morgan fingerprint density at radius 3 is 2.59 bits per heavy atom. The largest absolute Gasteiger partial charge is 0.478 e. The van der Waals surface area contributed by atoms with Crippen LogP contribution in [0.5, 0.6) is 0 Å². The van der Waals surface area contributed by atoms with Crippen LogP contribution in [0.25, 0.3) is 0 Å². The predicted molar refractivity (Wildman–Crippen MR) is 63.9 cm³/mol. The van der Waals surface area contributed by atoms with Gasteiger partial charge in [0.1, 0.15) is 0 Å². The second kappa shape index (κ2) is 5.65. The molecule has 0 fully saturated rings. The molecule has 1 rings (SSSR count). The van der Waals surface area contributed by atoms with Crippen LogP contribution in [0.15, 0.2) is 18.2 Å². The molecular formula is C12H17NO4. The van der Waals surface area contributed by atoms with E-state index < -0.39 is 24.6 Å². The Labute approximate surface area is 99.5 Å². The number of benzene rings is 1. The van der Waals surface area contributed by atoms with Crippen molar-refractivity contribution in [3.8, 4) is 0 Å². The van der Waals surface area contributed by atoms with Crippen LogP contribution in [0, 0.1) is 0 Å². The summed E-state index contributed by atoms with van der Waals surface area (Å²) in [7, 11) is 0. The van der Waals surface area contributed by atoms with Crippen molar-refractivity contribution in [3.05, 3.63) is 29.3 Å². The molecule has 0 amide bonds. The second-order valence-electron chi connectivity index (χ2n) is 3.92. The molecular weight excluding hydrogens is 222 g/mol. The van der Waals surface area contributed by atoms with Crippen molar-refractivity contribution in [3.63, 3.8) is 0 Å². The van der Waals surface area contributed by atoms with E-state index in [9.17, 15) is 9.90 Å². The van der Waals surface area contributed by atoms with Crippen molar-refractivity contribution in [1.29, 1.82) is 0 Å². The van der Waals surface area contributed by atoms with Crippen molar-refractivity contribution >= 4 is 11.7 Å². The van der Waals surface area contributed by atoms with Crippen LogP contribution < -0.4 is 5.73 Å². The van der Waals surface area contributed by atoms with Gasteiger partial charge < -0.3 is 21.1 Å². The standard InChI is InChI=1S/C12H17NO4/c1-2-8(11(15)6-14)10-5-7(13)3-4-9(10)12(16)17/h3-5,8,11,14-15H,2,6,13H2,1H3,(H,16,17). The third-order valence-corrected chi connectivity index (χ3v) is 2.80. The molecule has 0 aliphatic rings. The molecule has 1 aromatic carbocycles. The third kappa shape index (κ3) is 2.95. The molecule has 2 unspecified atom stereocenters. The van der Waals surface area contributed by atoms with Crippen LogP contribution in [0.3, 0.4) is 0 Å². The highest BCUT2D eigenvalue weighted by Crippen LogP contribution is 2.28. The lowest BCUT2D eigenvalue weighted by Crippen LogP contribution is -2.24. The highest BCUT2D eigenvalue weighted by Gasteiger charge is 2.23. The van der Waals surface area contributed by atoms with Crippen LogP contribution in [-0.4, -0.2) is 34.0 Å². The molecule has 0 aromatic heterocycles. The van der Waals surface area contributed by atoms with Gasteiger partial charge in [-0.3, -0.25) is 0 Å². The molecule has 0 saturated carbocycles. The average molecular weight is 239 g/mol. The monoisotopic (exact) mass is 239 g/mol. The summed E-state index contributed by atoms with van der Waals surface area (Å²) in [5.41, 5.74) is 6.63. The molecule has 94 valence electrons. The Morgan fingerprint density at radius 2 is 2.12 bits per heavy atom. The zero-order valence-corrected chi connectivity index (χ0v) is 9.63. The van der Waals surface area contributed by atoms with E-state index >= 15 is 0 Å². The number of carbonyl (C=O) groups is 1. The maximum absolute atomic E-state index is 11.1. The first-order valence-corrected chi connectivity index (χ1v) is 5.42. The molecule has 5 nitrogen and oxygen atoms in total. The van der Waals surface area contributed by atoms with Gasteiger partial charge in [-0.2, -0.15) is 0 Å². The fraction of sp³-hybridized carbons (Fsp3) is 0.417. The van der Waals surface area contributed by atoms with Crippen LogP contribution in [0.2, 0.25) is 0 Å². The Kier molecular flexibility index (Phi) is 4.48. The minimum atomic E-state index is -1.07. The van der Waals surface area contributed by atoms with E-state index in [4.69, 9.17) is 15.9 Å². The Hall–Kier alpha value is -1.59. The van der Waals surface area contributed by atoms with Gasteiger partial charge in [0.05, 0.1) is 18.3 Å². The highest BCUT2D eigenvalue weighted by molar-refractivity contribution is 5.90. The van der Waals surface area contributed by atoms with E-state index in [1.165, 1.54) is 18.2 Å². The number of anilines is 1. The normalized spacial score (nSPS) is 14.3. The highest BCUT2D eigenvalue weighted by atomic mass is 16.4. The van der Waals surface area contributed by atoms with E-state index in [2.05, 4.69) is 0 Å². The van der Waals surface area contributed by atoms with Gasteiger partial charge in [0.25, 0.3) is 0 Å². The fourth-order valence-electron chi connectivity index (χ4n) is 1.91. The maximum Gasteiger partial charge on any atom is 0.335 e. The van der Waals surface area contributed by atoms with E-state index in [1.54, 1.807) is 0 Å². The lowest BCUT2D eigenvalue weighted by molar-refractivity contribution is 0.0659. The minimum Gasteiger partial charge on any atom is -0.478 e. The van der Waals surface area contributed by atoms with Crippen LogP contribution in [0.1, 0.15) is 35.2 Å². The molecule has 1 aromatic rings. The molecule has 0 radical (unpaired) electrons. The molecule has 0 saturated heterocycles. The molecule has 0 aliphatic heterocycles. The van der Waals surface area contributed by atoms with Gasteiger partial charge in [0.2, 0.25) is 0 Å². The number of rotatable bonds is 5. The number of nitrogens with two attached hydrogens (primary N) is 1. The molecule has 0 heterocycles. The fourth-order valence-corrected chi connectivity index (χ4v) is 1.91. The number of aliphatic hydroxyl groups excluding tert-OH is 2. The predicted octanol–water partition coefficient (Wildman–Crippen LogP) is 0.814. The summed E-state index contributed by atoms with van der Waals surface area (Å²) in [6.45, 7) is 1.41. The average Bonchev–Trinajstić information content (AvgIpc) is 2.29. The number of carboxylic acids is 1. The van der Waals surface area contributed by atoms with Crippen molar-refractivity contribution in [2.45, 2.75) is 25.4 Å². The van der Waals surface area contributed by atoms with Crippen LogP contribution >= 0.6 is 0 Å². The summed E-state index contributed by atoms with van der Waals surface area (Å²) < 4.78 is 0. The number of carboxylic acid groups (broad SMARTS) is 1. The van der Waals surface area contributed by atoms with Crippen molar-refractivity contribution in [1.82, 2.24) is 0 Å². The number of hydrogen-bond donors (Lipinski definition) is 4. The van der Waals surface area contributed by atoms with E-state index in [0.29, 0.717) is 17.7 Å². The van der Waals surface area contributed by atoms with Gasteiger partial charge in [-0.15, -0.1) is 0 Å². The number of hydrogen-bond acceptors (Lipinski definition) is 4. The zero-order chi connectivity index (χ0) is 13.0. The summed E-state index contributed by atoms with van der Waals surface area (Å²) in [6, 6.07) is 4.46. The van der Waals surface area contributed by atoms with Crippen LogP contribution in [-0.2, 0) is 0 Å². The van der Waals surface area contributed by atoms with Crippen molar-refractivity contribution in [2.24, 2.45) is 0 Å². The summed E-state index contributed by atoms with van der Waals surface area (Å²) in [5, 5.41) is 27.7. The number of aliphatic hydroxyl groups is 2. The van der Waals surface area contributed by atoms with E-state index in [0.717, 1.165) is 0 Å². The molecule has 2 atom stereocenters. The van der Waals surface area contributed by atoms with Gasteiger partial charge in [-0.1, -0.05) is 6.92 Å². The minimum absolute atomic E-state index is 0.110. The molecule has 5 N–H and O–H groups in total. The molecule has 5 heteroatoms. The van der Waals surface area contributed by atoms with E-state index in [-0.39, 0.29) is 5.56 Å². The van der Waals surface area contributed by atoms with Gasteiger partial charge in [-0.05, 0) is 30.2 Å². The van der Waals surface area contributed by atoms with Gasteiger partial charge in [-0.25, -0.2) is 4.79 Å². The zero-order valence-electron chi connectivity index (χ0n) is 9.63. The van der Waals surface area contributed by atoms with Gasteiger partial charge >= 0.3 is 5.97 Å². The Bertz CT molecular complexity index is 405. The van der Waals surface area contributed by atoms with Gasteiger partial charge in [0.15, 0.2) is 0 Å². The number of nitrogen functional groups attached to an aromatic ring is 1. The lowest BCUT2D eigenvalue weighted by Gasteiger charge is -2.22. The topological polar surface area (TPSA) is 104 Å². The van der Waals surface area contributed by atoms with Crippen molar-refractivity contribution in [2.75, 3.05) is 12.3 Å². The maximum atomic E-state index is 11.1. The summed E-state index contributed by atoms with van der Waals surface area (Å²) in [5.74, 6) is -1.50. The second-order valence-corrected chi connectivity index (χ2v) is 3.92. The van der Waals surface area contributed by atoms with Gasteiger partial charge in [0, 0.05) is 11.6 Å². The first-order valence-electron chi connectivity index (χ1n) is 5.42. The Balaban J connectivity index is 3.25. The van der Waals surface area contributed by atoms with E-state index in [1.807, 2.05) is 6.92 Å². The van der Waals surface area contributed by atoms with Crippen LogP contribution in [0.4, 0.5) is 5.69 Å². The lowest BCUT2D eigenvalue weighted by atomic mass is 9.87. The smallest absolute Gasteiger partial charge is 0.335 e. The Morgan fingerprint density at radius 1 is 1.47 bits per heavy atom. The summed E-state index contributed by atoms with van der Waals surface area (Å²) in [4.78, 5) is 11.1. The molecule has 0 bridgehead atoms. The molecule has 0 spiro atoms. The summed E-state index contributed by atoms with van der Waals surface area (Å²) in [6.07, 6.45) is -0.467. The quantitative estimate of drug-likeness (QED) is 0.569. The summed E-state index contributed by atoms with van der Waals surface area (Å²) >= 11 is 0.